The molecule has 1 aliphatic rings. The Kier molecular flexibility index (Phi) is 2.87. The summed E-state index contributed by atoms with van der Waals surface area (Å²) in [7, 11) is 0. The largest absolute Gasteiger partial charge is 0.493 e. The van der Waals surface area contributed by atoms with Crippen molar-refractivity contribution in [3.05, 3.63) is 40.8 Å². The Morgan fingerprint density at radius 1 is 1.15 bits per heavy atom. The Bertz CT molecular complexity index is 701. The molecule has 0 unspecified atom stereocenters. The second-order valence-electron chi connectivity index (χ2n) is 5.90. The molecule has 4 nitrogen and oxygen atoms in total. The van der Waals surface area contributed by atoms with E-state index in [0.29, 0.717) is 17.9 Å². The molecule has 20 heavy (non-hydrogen) atoms. The molecule has 3 rings (SSSR count). The molecular formula is C16H18O4. The van der Waals surface area contributed by atoms with Crippen LogP contribution in [0.3, 0.4) is 0 Å². The third kappa shape index (κ3) is 2.31. The highest BCUT2D eigenvalue weighted by Crippen LogP contribution is 2.49. The van der Waals surface area contributed by atoms with E-state index in [1.54, 1.807) is 12.1 Å². The third-order valence-electron chi connectivity index (χ3n) is 4.15. The summed E-state index contributed by atoms with van der Waals surface area (Å²) in [6.07, 6.45) is 0.830. The molecule has 2 heterocycles. The van der Waals surface area contributed by atoms with Crippen molar-refractivity contribution < 1.29 is 13.9 Å². The van der Waals surface area contributed by atoms with Gasteiger partial charge in [-0.15, -0.1) is 0 Å². The fourth-order valence-corrected chi connectivity index (χ4v) is 2.38. The van der Waals surface area contributed by atoms with Gasteiger partial charge in [-0.1, -0.05) is 0 Å². The first-order chi connectivity index (χ1) is 9.40. The van der Waals surface area contributed by atoms with E-state index in [2.05, 4.69) is 20.8 Å². The number of epoxide rings is 1. The van der Waals surface area contributed by atoms with Gasteiger partial charge in [0.1, 0.15) is 11.3 Å². The maximum Gasteiger partial charge on any atom is 0.336 e. The van der Waals surface area contributed by atoms with E-state index in [4.69, 9.17) is 13.9 Å². The lowest BCUT2D eigenvalue weighted by Gasteiger charge is -2.10. The van der Waals surface area contributed by atoms with Gasteiger partial charge in [0.05, 0.1) is 17.8 Å². The van der Waals surface area contributed by atoms with E-state index in [9.17, 15) is 4.79 Å². The van der Waals surface area contributed by atoms with Gasteiger partial charge < -0.3 is 13.9 Å². The number of fused-ring (bicyclic) bond motifs is 1. The van der Waals surface area contributed by atoms with Gasteiger partial charge in [-0.05, 0) is 39.0 Å². The maximum atomic E-state index is 11.2. The molecule has 1 aromatic carbocycles. The lowest BCUT2D eigenvalue weighted by Crippen LogP contribution is -2.19. The van der Waals surface area contributed by atoms with E-state index < -0.39 is 0 Å². The molecule has 1 aromatic heterocycles. The zero-order chi connectivity index (χ0) is 14.4. The predicted octanol–water partition coefficient (Wildman–Crippen LogP) is 3.13. The first-order valence-corrected chi connectivity index (χ1v) is 6.77. The highest BCUT2D eigenvalue weighted by molar-refractivity contribution is 5.77. The van der Waals surface area contributed by atoms with E-state index in [0.717, 1.165) is 11.8 Å². The Morgan fingerprint density at radius 3 is 2.55 bits per heavy atom. The van der Waals surface area contributed by atoms with Crippen molar-refractivity contribution in [1.29, 1.82) is 0 Å². The minimum absolute atomic E-state index is 0.0630. The molecule has 1 saturated heterocycles. The van der Waals surface area contributed by atoms with Crippen LogP contribution in [0.5, 0.6) is 5.75 Å². The van der Waals surface area contributed by atoms with Crippen LogP contribution in [-0.4, -0.2) is 17.8 Å². The van der Waals surface area contributed by atoms with Crippen LogP contribution in [0.1, 0.15) is 27.2 Å². The van der Waals surface area contributed by atoms with Gasteiger partial charge in [-0.25, -0.2) is 4.79 Å². The molecule has 0 radical (unpaired) electrons. The van der Waals surface area contributed by atoms with Crippen molar-refractivity contribution in [2.45, 2.75) is 38.4 Å². The quantitative estimate of drug-likeness (QED) is 0.635. The molecule has 1 fully saturated rings. The highest BCUT2D eigenvalue weighted by atomic mass is 16.6. The van der Waals surface area contributed by atoms with Gasteiger partial charge in [0.15, 0.2) is 0 Å². The summed E-state index contributed by atoms with van der Waals surface area (Å²) in [5.41, 5.74) is 0.0302. The summed E-state index contributed by atoms with van der Waals surface area (Å²) in [5, 5.41) is 0.885. The highest BCUT2D eigenvalue weighted by Gasteiger charge is 2.59. The maximum absolute atomic E-state index is 11.2. The zero-order valence-electron chi connectivity index (χ0n) is 11.9. The molecule has 4 heteroatoms. The molecule has 0 saturated carbocycles. The molecular weight excluding hydrogens is 256 g/mol. The van der Waals surface area contributed by atoms with Crippen molar-refractivity contribution in [2.75, 3.05) is 6.61 Å². The Morgan fingerprint density at radius 2 is 1.85 bits per heavy atom. The average Bonchev–Trinajstić information content (AvgIpc) is 2.87. The van der Waals surface area contributed by atoms with Gasteiger partial charge >= 0.3 is 5.63 Å². The van der Waals surface area contributed by atoms with E-state index in [-0.39, 0.29) is 16.8 Å². The first kappa shape index (κ1) is 13.2. The third-order valence-corrected chi connectivity index (χ3v) is 4.15. The van der Waals surface area contributed by atoms with Crippen LogP contribution >= 0.6 is 0 Å². The smallest absolute Gasteiger partial charge is 0.336 e. The predicted molar refractivity (Wildman–Crippen MR) is 76.2 cm³/mol. The Hall–Kier alpha value is -1.81. The molecule has 2 aromatic rings. The van der Waals surface area contributed by atoms with Gasteiger partial charge in [0.2, 0.25) is 0 Å². The molecule has 1 atom stereocenters. The molecule has 0 amide bonds. The molecule has 106 valence electrons. The van der Waals surface area contributed by atoms with Crippen molar-refractivity contribution in [3.8, 4) is 5.75 Å². The van der Waals surface area contributed by atoms with Crippen LogP contribution in [0, 0.1) is 0 Å². The van der Waals surface area contributed by atoms with Gasteiger partial charge in [-0.2, -0.15) is 0 Å². The SMILES string of the molecule is CC1(C)O[C@@]1(C)CCOc1ccc2ccc(=O)oc2c1. The molecule has 0 spiro atoms. The summed E-state index contributed by atoms with van der Waals surface area (Å²) in [4.78, 5) is 11.2. The van der Waals surface area contributed by atoms with Crippen LogP contribution in [0.15, 0.2) is 39.5 Å². The number of rotatable bonds is 4. The Labute approximate surface area is 117 Å². The molecule has 1 aliphatic heterocycles. The summed E-state index contributed by atoms with van der Waals surface area (Å²) in [6.45, 7) is 6.83. The zero-order valence-corrected chi connectivity index (χ0v) is 11.9. The normalized spacial score (nSPS) is 23.8. The second kappa shape index (κ2) is 4.35. The number of benzene rings is 1. The van der Waals surface area contributed by atoms with E-state index in [1.807, 2.05) is 12.1 Å². The van der Waals surface area contributed by atoms with Gasteiger partial charge in [-0.3, -0.25) is 0 Å². The van der Waals surface area contributed by atoms with Crippen LogP contribution < -0.4 is 10.4 Å². The van der Waals surface area contributed by atoms with Crippen LogP contribution in [-0.2, 0) is 4.74 Å². The molecule has 0 aliphatic carbocycles. The second-order valence-corrected chi connectivity index (χ2v) is 5.90. The molecule has 0 bridgehead atoms. The van der Waals surface area contributed by atoms with Crippen LogP contribution in [0.25, 0.3) is 11.0 Å². The van der Waals surface area contributed by atoms with E-state index >= 15 is 0 Å². The number of hydrogen-bond acceptors (Lipinski definition) is 4. The Balaban J connectivity index is 1.68. The first-order valence-electron chi connectivity index (χ1n) is 6.77. The lowest BCUT2D eigenvalue weighted by atomic mass is 9.95. The minimum atomic E-state index is -0.352. The summed E-state index contributed by atoms with van der Waals surface area (Å²) in [6, 6.07) is 8.66. The molecule has 0 N–H and O–H groups in total. The summed E-state index contributed by atoms with van der Waals surface area (Å²) < 4.78 is 16.5. The summed E-state index contributed by atoms with van der Waals surface area (Å²) >= 11 is 0. The van der Waals surface area contributed by atoms with Crippen LogP contribution in [0.4, 0.5) is 0 Å². The van der Waals surface area contributed by atoms with Crippen molar-refractivity contribution in [3.63, 3.8) is 0 Å². The van der Waals surface area contributed by atoms with E-state index in [1.165, 1.54) is 6.07 Å². The van der Waals surface area contributed by atoms with Crippen molar-refractivity contribution in [1.82, 2.24) is 0 Å². The number of hydrogen-bond donors (Lipinski definition) is 0. The standard InChI is InChI=1S/C16H18O4/c1-15(2)16(3,20-15)8-9-18-12-6-4-11-5-7-14(17)19-13(11)10-12/h4-7,10H,8-9H2,1-3H3/t16-/m0/s1. The van der Waals surface area contributed by atoms with Gasteiger partial charge in [0, 0.05) is 23.9 Å². The topological polar surface area (TPSA) is 52.0 Å². The monoisotopic (exact) mass is 274 g/mol. The number of ether oxygens (including phenoxy) is 2. The lowest BCUT2D eigenvalue weighted by molar-refractivity contribution is 0.232. The average molecular weight is 274 g/mol. The van der Waals surface area contributed by atoms with Gasteiger partial charge in [0.25, 0.3) is 0 Å². The fraction of sp³-hybridized carbons (Fsp3) is 0.438. The van der Waals surface area contributed by atoms with Crippen molar-refractivity contribution in [2.24, 2.45) is 0 Å². The fourth-order valence-electron chi connectivity index (χ4n) is 2.38. The summed E-state index contributed by atoms with van der Waals surface area (Å²) in [5.74, 6) is 0.703. The van der Waals surface area contributed by atoms with Crippen LogP contribution in [0.2, 0.25) is 0 Å². The van der Waals surface area contributed by atoms with Crippen molar-refractivity contribution >= 4 is 11.0 Å². The minimum Gasteiger partial charge on any atom is -0.493 e.